The average molecular weight is 459 g/mol. The Morgan fingerprint density at radius 3 is 2.59 bits per heavy atom. The molecular formula is C27H26N2O5. The number of aromatic nitrogens is 1. The summed E-state index contributed by atoms with van der Waals surface area (Å²) >= 11 is 0. The summed E-state index contributed by atoms with van der Waals surface area (Å²) in [6.45, 7) is 4.39. The third-order valence-corrected chi connectivity index (χ3v) is 5.76. The van der Waals surface area contributed by atoms with Crippen molar-refractivity contribution in [1.29, 1.82) is 0 Å². The molecule has 2 aromatic carbocycles. The Kier molecular flexibility index (Phi) is 6.63. The number of carbonyl (C=O) groups excluding carboxylic acids is 2. The highest BCUT2D eigenvalue weighted by molar-refractivity contribution is 6.46. The molecule has 1 N–H and O–H groups in total. The largest absolute Gasteiger partial charge is 0.507 e. The van der Waals surface area contributed by atoms with Crippen LogP contribution in [0, 0.1) is 6.92 Å². The predicted molar refractivity (Wildman–Crippen MR) is 127 cm³/mol. The number of amides is 1. The van der Waals surface area contributed by atoms with Gasteiger partial charge in [-0.3, -0.25) is 14.6 Å². The summed E-state index contributed by atoms with van der Waals surface area (Å²) in [4.78, 5) is 32.1. The van der Waals surface area contributed by atoms with Gasteiger partial charge in [-0.2, -0.15) is 0 Å². The first-order valence-electron chi connectivity index (χ1n) is 11.0. The third-order valence-electron chi connectivity index (χ3n) is 5.76. The van der Waals surface area contributed by atoms with Crippen LogP contribution >= 0.6 is 0 Å². The van der Waals surface area contributed by atoms with E-state index in [0.29, 0.717) is 34.9 Å². The second-order valence-corrected chi connectivity index (χ2v) is 7.94. The van der Waals surface area contributed by atoms with Gasteiger partial charge in [-0.15, -0.1) is 0 Å². The van der Waals surface area contributed by atoms with Crippen LogP contribution in [0.2, 0.25) is 0 Å². The molecule has 1 fully saturated rings. The SMILES string of the molecule is CCOc1ccc(/C(O)=C2/C(=O)C(=O)N(Cc3ccccn3)C2c2cccc(OC)c2)cc1C. The summed E-state index contributed by atoms with van der Waals surface area (Å²) in [5, 5.41) is 11.3. The normalized spacial score (nSPS) is 17.1. The minimum absolute atomic E-state index is 0.0257. The van der Waals surface area contributed by atoms with Crippen LogP contribution in [0.5, 0.6) is 11.5 Å². The highest BCUT2D eigenvalue weighted by Gasteiger charge is 2.46. The van der Waals surface area contributed by atoms with E-state index in [9.17, 15) is 14.7 Å². The Bertz CT molecular complexity index is 1250. The van der Waals surface area contributed by atoms with Crippen molar-refractivity contribution < 1.29 is 24.2 Å². The number of aliphatic hydroxyl groups is 1. The van der Waals surface area contributed by atoms with Gasteiger partial charge in [0.15, 0.2) is 0 Å². The Morgan fingerprint density at radius 2 is 1.91 bits per heavy atom. The van der Waals surface area contributed by atoms with E-state index in [1.165, 1.54) is 4.90 Å². The maximum absolute atomic E-state index is 13.2. The van der Waals surface area contributed by atoms with E-state index in [1.807, 2.05) is 19.9 Å². The van der Waals surface area contributed by atoms with Crippen molar-refractivity contribution in [3.63, 3.8) is 0 Å². The topological polar surface area (TPSA) is 89.0 Å². The van der Waals surface area contributed by atoms with Crippen LogP contribution in [0.15, 0.2) is 72.4 Å². The van der Waals surface area contributed by atoms with E-state index in [1.54, 1.807) is 67.9 Å². The maximum Gasteiger partial charge on any atom is 0.296 e. The molecule has 34 heavy (non-hydrogen) atoms. The average Bonchev–Trinajstić information content (AvgIpc) is 3.10. The van der Waals surface area contributed by atoms with Crippen molar-refractivity contribution in [2.45, 2.75) is 26.4 Å². The lowest BCUT2D eigenvalue weighted by Crippen LogP contribution is -2.29. The molecule has 1 unspecified atom stereocenters. The van der Waals surface area contributed by atoms with Gasteiger partial charge < -0.3 is 19.5 Å². The van der Waals surface area contributed by atoms with E-state index in [4.69, 9.17) is 9.47 Å². The molecule has 7 heteroatoms. The summed E-state index contributed by atoms with van der Waals surface area (Å²) < 4.78 is 10.9. The molecule has 1 aromatic heterocycles. The van der Waals surface area contributed by atoms with Crippen LogP contribution in [-0.4, -0.2) is 40.4 Å². The van der Waals surface area contributed by atoms with Crippen molar-refractivity contribution >= 4 is 17.4 Å². The number of aryl methyl sites for hydroxylation is 1. The molecule has 1 amide bonds. The van der Waals surface area contributed by atoms with Crippen LogP contribution in [-0.2, 0) is 16.1 Å². The molecule has 1 aliphatic rings. The van der Waals surface area contributed by atoms with Gasteiger partial charge in [0.05, 0.1) is 37.6 Å². The second kappa shape index (κ2) is 9.79. The zero-order chi connectivity index (χ0) is 24.2. The van der Waals surface area contributed by atoms with E-state index < -0.39 is 17.7 Å². The molecule has 4 rings (SSSR count). The van der Waals surface area contributed by atoms with Crippen LogP contribution in [0.3, 0.4) is 0 Å². The van der Waals surface area contributed by atoms with Gasteiger partial charge in [0.2, 0.25) is 0 Å². The Morgan fingerprint density at radius 1 is 1.09 bits per heavy atom. The summed E-state index contributed by atoms with van der Waals surface area (Å²) in [5.41, 5.74) is 2.56. The molecule has 2 heterocycles. The third kappa shape index (κ3) is 4.37. The van der Waals surface area contributed by atoms with Crippen molar-refractivity contribution in [2.75, 3.05) is 13.7 Å². The van der Waals surface area contributed by atoms with Crippen LogP contribution in [0.4, 0.5) is 0 Å². The molecule has 7 nitrogen and oxygen atoms in total. The fourth-order valence-corrected chi connectivity index (χ4v) is 4.14. The highest BCUT2D eigenvalue weighted by Crippen LogP contribution is 2.41. The number of methoxy groups -OCH3 is 1. The number of ketones is 1. The molecule has 0 aliphatic carbocycles. The summed E-state index contributed by atoms with van der Waals surface area (Å²) in [6, 6.07) is 16.9. The van der Waals surface area contributed by atoms with Crippen molar-refractivity contribution in [3.8, 4) is 11.5 Å². The Labute approximate surface area is 198 Å². The van der Waals surface area contributed by atoms with E-state index in [2.05, 4.69) is 4.98 Å². The van der Waals surface area contributed by atoms with Crippen LogP contribution in [0.1, 0.15) is 35.3 Å². The van der Waals surface area contributed by atoms with E-state index in [0.717, 1.165) is 5.56 Å². The number of hydrogen-bond donors (Lipinski definition) is 1. The van der Waals surface area contributed by atoms with Gasteiger partial charge in [-0.05, 0) is 67.4 Å². The van der Waals surface area contributed by atoms with Crippen molar-refractivity contribution in [3.05, 3.63) is 94.8 Å². The molecule has 0 radical (unpaired) electrons. The first-order valence-corrected chi connectivity index (χ1v) is 11.0. The number of ether oxygens (including phenoxy) is 2. The number of Topliss-reactive ketones (excluding diaryl/α,β-unsaturated/α-hetero) is 1. The molecule has 3 aromatic rings. The number of hydrogen-bond acceptors (Lipinski definition) is 6. The quantitative estimate of drug-likeness (QED) is 0.320. The molecule has 0 saturated carbocycles. The molecular weight excluding hydrogens is 432 g/mol. The predicted octanol–water partition coefficient (Wildman–Crippen LogP) is 4.42. The molecule has 1 atom stereocenters. The van der Waals surface area contributed by atoms with Crippen molar-refractivity contribution in [1.82, 2.24) is 9.88 Å². The van der Waals surface area contributed by atoms with E-state index >= 15 is 0 Å². The highest BCUT2D eigenvalue weighted by atomic mass is 16.5. The second-order valence-electron chi connectivity index (χ2n) is 7.94. The lowest BCUT2D eigenvalue weighted by molar-refractivity contribution is -0.140. The smallest absolute Gasteiger partial charge is 0.296 e. The first-order chi connectivity index (χ1) is 16.4. The Hall–Kier alpha value is -4.13. The molecule has 0 bridgehead atoms. The fourth-order valence-electron chi connectivity index (χ4n) is 4.14. The van der Waals surface area contributed by atoms with Gasteiger partial charge in [-0.1, -0.05) is 18.2 Å². The van der Waals surface area contributed by atoms with Gasteiger partial charge in [0.1, 0.15) is 17.3 Å². The standard InChI is InChI=1S/C27H26N2O5/c1-4-34-22-12-11-19(14-17(22)2)25(30)23-24(18-8-7-10-21(15-18)33-3)29(27(32)26(23)31)16-20-9-5-6-13-28-20/h5-15,24,30H,4,16H2,1-3H3/b25-23-. The summed E-state index contributed by atoms with van der Waals surface area (Å²) in [6.07, 6.45) is 1.63. The number of likely N-dealkylation sites (tertiary alicyclic amines) is 1. The van der Waals surface area contributed by atoms with Crippen molar-refractivity contribution in [2.24, 2.45) is 0 Å². The van der Waals surface area contributed by atoms with Gasteiger partial charge in [-0.25, -0.2) is 0 Å². The zero-order valence-electron chi connectivity index (χ0n) is 19.3. The monoisotopic (exact) mass is 458 g/mol. The molecule has 0 spiro atoms. The molecule has 1 aliphatic heterocycles. The number of aliphatic hydroxyl groups excluding tert-OH is 1. The number of pyridine rings is 1. The van der Waals surface area contributed by atoms with Crippen LogP contribution < -0.4 is 9.47 Å². The number of benzene rings is 2. The number of carbonyl (C=O) groups is 2. The fraction of sp³-hybridized carbons (Fsp3) is 0.222. The van der Waals surface area contributed by atoms with Gasteiger partial charge >= 0.3 is 0 Å². The minimum atomic E-state index is -0.802. The maximum atomic E-state index is 13.2. The Balaban J connectivity index is 1.85. The van der Waals surface area contributed by atoms with E-state index in [-0.39, 0.29) is 17.9 Å². The van der Waals surface area contributed by atoms with Gasteiger partial charge in [0.25, 0.3) is 11.7 Å². The summed E-state index contributed by atoms with van der Waals surface area (Å²) in [7, 11) is 1.55. The first kappa shape index (κ1) is 23.0. The lowest BCUT2D eigenvalue weighted by atomic mass is 9.94. The number of nitrogens with zero attached hydrogens (tertiary/aromatic N) is 2. The van der Waals surface area contributed by atoms with Gasteiger partial charge in [0, 0.05) is 11.8 Å². The minimum Gasteiger partial charge on any atom is -0.507 e. The lowest BCUT2D eigenvalue weighted by Gasteiger charge is -2.25. The zero-order valence-corrected chi connectivity index (χ0v) is 19.3. The number of rotatable bonds is 7. The molecule has 1 saturated heterocycles. The van der Waals surface area contributed by atoms with Crippen LogP contribution in [0.25, 0.3) is 5.76 Å². The summed E-state index contributed by atoms with van der Waals surface area (Å²) in [5.74, 6) is -0.395. The molecule has 174 valence electrons.